The van der Waals surface area contributed by atoms with E-state index in [4.69, 9.17) is 4.74 Å². The van der Waals surface area contributed by atoms with Crippen LogP contribution in [0.1, 0.15) is 38.8 Å². The van der Waals surface area contributed by atoms with Crippen molar-refractivity contribution in [2.45, 2.75) is 44.9 Å². The van der Waals surface area contributed by atoms with Crippen molar-refractivity contribution < 1.29 is 14.6 Å². The van der Waals surface area contributed by atoms with E-state index in [-0.39, 0.29) is 6.04 Å². The third-order valence-electron chi connectivity index (χ3n) is 2.98. The highest BCUT2D eigenvalue weighted by Crippen LogP contribution is 2.32. The van der Waals surface area contributed by atoms with Crippen LogP contribution in [-0.2, 0) is 4.74 Å². The summed E-state index contributed by atoms with van der Waals surface area (Å²) < 4.78 is 5.38. The standard InChI is InChI=1S/C14H20N2O3/c1-14(2,3)19-13(18)16-9-11(17)7-12(16)10-5-4-6-15-8-10/h4-6,8,11-12,17H,7,9H2,1-3H3/t11-,12?/m0/s1. The number of nitrogens with zero attached hydrogens (tertiary/aromatic N) is 2. The van der Waals surface area contributed by atoms with E-state index in [2.05, 4.69) is 4.98 Å². The first kappa shape index (κ1) is 13.8. The molecule has 0 radical (unpaired) electrons. The molecule has 1 aromatic heterocycles. The van der Waals surface area contributed by atoms with Crippen LogP contribution in [0, 0.1) is 0 Å². The number of carbonyl (C=O) groups excluding carboxylic acids is 1. The third-order valence-corrected chi connectivity index (χ3v) is 2.98. The summed E-state index contributed by atoms with van der Waals surface area (Å²) >= 11 is 0. The summed E-state index contributed by atoms with van der Waals surface area (Å²) in [5.74, 6) is 0. The largest absolute Gasteiger partial charge is 0.444 e. The second-order valence-corrected chi connectivity index (χ2v) is 5.82. The minimum absolute atomic E-state index is 0.168. The Bertz CT molecular complexity index is 442. The van der Waals surface area contributed by atoms with Gasteiger partial charge in [0, 0.05) is 12.4 Å². The van der Waals surface area contributed by atoms with E-state index in [1.165, 1.54) is 0 Å². The molecule has 2 heterocycles. The summed E-state index contributed by atoms with van der Waals surface area (Å²) in [7, 11) is 0. The maximum atomic E-state index is 12.2. The molecule has 1 aliphatic heterocycles. The number of amides is 1. The molecule has 0 saturated carbocycles. The fourth-order valence-electron chi connectivity index (χ4n) is 2.23. The average molecular weight is 264 g/mol. The zero-order valence-corrected chi connectivity index (χ0v) is 11.5. The number of aliphatic hydroxyl groups is 1. The molecule has 2 atom stereocenters. The molecule has 19 heavy (non-hydrogen) atoms. The van der Waals surface area contributed by atoms with Gasteiger partial charge in [-0.1, -0.05) is 6.07 Å². The van der Waals surface area contributed by atoms with Crippen LogP contribution in [0.4, 0.5) is 4.79 Å². The van der Waals surface area contributed by atoms with Crippen molar-refractivity contribution in [1.29, 1.82) is 0 Å². The van der Waals surface area contributed by atoms with Crippen molar-refractivity contribution in [2.75, 3.05) is 6.54 Å². The smallest absolute Gasteiger partial charge is 0.410 e. The molecule has 1 unspecified atom stereocenters. The molecule has 1 saturated heterocycles. The average Bonchev–Trinajstić information content (AvgIpc) is 2.70. The van der Waals surface area contributed by atoms with Gasteiger partial charge in [-0.15, -0.1) is 0 Å². The van der Waals surface area contributed by atoms with Crippen molar-refractivity contribution in [1.82, 2.24) is 9.88 Å². The Morgan fingerprint density at radius 3 is 2.84 bits per heavy atom. The van der Waals surface area contributed by atoms with Crippen LogP contribution in [0.5, 0.6) is 0 Å². The van der Waals surface area contributed by atoms with Crippen LogP contribution in [0.25, 0.3) is 0 Å². The van der Waals surface area contributed by atoms with Crippen molar-refractivity contribution >= 4 is 6.09 Å². The zero-order chi connectivity index (χ0) is 14.0. The number of carbonyl (C=O) groups is 1. The molecule has 0 aliphatic carbocycles. The SMILES string of the molecule is CC(C)(C)OC(=O)N1C[C@@H](O)CC1c1cccnc1. The van der Waals surface area contributed by atoms with Crippen molar-refractivity contribution in [3.05, 3.63) is 30.1 Å². The quantitative estimate of drug-likeness (QED) is 0.844. The van der Waals surface area contributed by atoms with Gasteiger partial charge in [-0.3, -0.25) is 9.88 Å². The zero-order valence-electron chi connectivity index (χ0n) is 11.5. The molecule has 1 aliphatic rings. The number of pyridine rings is 1. The number of aliphatic hydroxyl groups excluding tert-OH is 1. The maximum absolute atomic E-state index is 12.2. The minimum atomic E-state index is -0.538. The summed E-state index contributed by atoms with van der Waals surface area (Å²) in [5, 5.41) is 9.81. The van der Waals surface area contributed by atoms with Crippen LogP contribution in [0.2, 0.25) is 0 Å². The molecule has 1 N–H and O–H groups in total. The van der Waals surface area contributed by atoms with E-state index in [0.717, 1.165) is 5.56 Å². The van der Waals surface area contributed by atoms with E-state index in [1.807, 2.05) is 32.9 Å². The summed E-state index contributed by atoms with van der Waals surface area (Å²) in [6.45, 7) is 5.79. The molecule has 104 valence electrons. The first-order chi connectivity index (χ1) is 8.87. The van der Waals surface area contributed by atoms with Gasteiger partial charge in [-0.05, 0) is 38.8 Å². The molecule has 0 bridgehead atoms. The highest BCUT2D eigenvalue weighted by atomic mass is 16.6. The second kappa shape index (κ2) is 5.17. The van der Waals surface area contributed by atoms with Crippen molar-refractivity contribution in [2.24, 2.45) is 0 Å². The Labute approximate surface area is 113 Å². The predicted octanol–water partition coefficient (Wildman–Crippen LogP) is 2.12. The number of β-amino-alcohol motifs (C(OH)–C–C–N with tert-alkyl or cyclic N) is 1. The molecular formula is C14H20N2O3. The molecule has 5 heteroatoms. The van der Waals surface area contributed by atoms with Crippen molar-refractivity contribution in [3.63, 3.8) is 0 Å². The highest BCUT2D eigenvalue weighted by Gasteiger charge is 2.37. The lowest BCUT2D eigenvalue weighted by Gasteiger charge is -2.28. The van der Waals surface area contributed by atoms with Gasteiger partial charge in [0.05, 0.1) is 18.7 Å². The van der Waals surface area contributed by atoms with Crippen molar-refractivity contribution in [3.8, 4) is 0 Å². The number of likely N-dealkylation sites (tertiary alicyclic amines) is 1. The molecule has 5 nitrogen and oxygen atoms in total. The molecule has 0 aromatic carbocycles. The maximum Gasteiger partial charge on any atom is 0.410 e. The number of hydrogen-bond donors (Lipinski definition) is 1. The van der Waals surface area contributed by atoms with Crippen LogP contribution < -0.4 is 0 Å². The van der Waals surface area contributed by atoms with Crippen LogP contribution in [-0.4, -0.2) is 39.3 Å². The molecule has 0 spiro atoms. The Hall–Kier alpha value is -1.62. The van der Waals surface area contributed by atoms with Gasteiger partial charge in [-0.25, -0.2) is 4.79 Å². The molecule has 1 aromatic rings. The Morgan fingerprint density at radius 1 is 1.53 bits per heavy atom. The van der Waals surface area contributed by atoms with Gasteiger partial charge in [0.2, 0.25) is 0 Å². The van der Waals surface area contributed by atoms with E-state index in [1.54, 1.807) is 17.3 Å². The second-order valence-electron chi connectivity index (χ2n) is 5.82. The highest BCUT2D eigenvalue weighted by molar-refractivity contribution is 5.69. The lowest BCUT2D eigenvalue weighted by atomic mass is 10.1. The normalized spacial score (nSPS) is 23.5. The van der Waals surface area contributed by atoms with E-state index in [0.29, 0.717) is 13.0 Å². The van der Waals surface area contributed by atoms with Gasteiger partial charge < -0.3 is 9.84 Å². The van der Waals surface area contributed by atoms with Gasteiger partial charge in [0.25, 0.3) is 0 Å². The van der Waals surface area contributed by atoms with Crippen LogP contribution in [0.3, 0.4) is 0 Å². The lowest BCUT2D eigenvalue weighted by molar-refractivity contribution is 0.0206. The first-order valence-corrected chi connectivity index (χ1v) is 6.44. The topological polar surface area (TPSA) is 62.7 Å². The Morgan fingerprint density at radius 2 is 2.26 bits per heavy atom. The van der Waals surface area contributed by atoms with Crippen LogP contribution in [0.15, 0.2) is 24.5 Å². The molecule has 1 amide bonds. The van der Waals surface area contributed by atoms with Gasteiger partial charge in [-0.2, -0.15) is 0 Å². The number of hydrogen-bond acceptors (Lipinski definition) is 4. The molecular weight excluding hydrogens is 244 g/mol. The lowest BCUT2D eigenvalue weighted by Crippen LogP contribution is -2.37. The summed E-state index contributed by atoms with van der Waals surface area (Å²) in [6, 6.07) is 3.57. The summed E-state index contributed by atoms with van der Waals surface area (Å²) in [5.41, 5.74) is 0.384. The van der Waals surface area contributed by atoms with Gasteiger partial charge in [0.1, 0.15) is 5.60 Å². The Kier molecular flexibility index (Phi) is 3.75. The fourth-order valence-corrected chi connectivity index (χ4v) is 2.23. The van der Waals surface area contributed by atoms with E-state index >= 15 is 0 Å². The van der Waals surface area contributed by atoms with Crippen LogP contribution >= 0.6 is 0 Å². The fraction of sp³-hybridized carbons (Fsp3) is 0.571. The van der Waals surface area contributed by atoms with E-state index < -0.39 is 17.8 Å². The number of aromatic nitrogens is 1. The number of rotatable bonds is 1. The van der Waals surface area contributed by atoms with E-state index in [9.17, 15) is 9.90 Å². The minimum Gasteiger partial charge on any atom is -0.444 e. The monoisotopic (exact) mass is 264 g/mol. The number of ether oxygens (including phenoxy) is 1. The predicted molar refractivity (Wildman–Crippen MR) is 70.5 cm³/mol. The van der Waals surface area contributed by atoms with Gasteiger partial charge in [0.15, 0.2) is 0 Å². The Balaban J connectivity index is 2.16. The van der Waals surface area contributed by atoms with Gasteiger partial charge >= 0.3 is 6.09 Å². The molecule has 2 rings (SSSR count). The summed E-state index contributed by atoms with van der Waals surface area (Å²) in [4.78, 5) is 17.8. The summed E-state index contributed by atoms with van der Waals surface area (Å²) in [6.07, 6.45) is 3.02. The third kappa shape index (κ3) is 3.44. The first-order valence-electron chi connectivity index (χ1n) is 6.44. The molecule has 1 fully saturated rings.